The van der Waals surface area contributed by atoms with E-state index in [2.05, 4.69) is 10.4 Å². The average molecular weight is 287 g/mol. The number of carbonyl (C=O) groups excluding carboxylic acids is 1. The molecule has 0 aliphatic heterocycles. The van der Waals surface area contributed by atoms with Crippen LogP contribution in [0.4, 0.5) is 0 Å². The van der Waals surface area contributed by atoms with E-state index in [0.717, 1.165) is 6.42 Å². The second-order valence-electron chi connectivity index (χ2n) is 4.41. The van der Waals surface area contributed by atoms with Crippen LogP contribution >= 0.6 is 0 Å². The number of methoxy groups -OCH3 is 1. The van der Waals surface area contributed by atoms with Gasteiger partial charge < -0.3 is 10.1 Å². The largest absolute Gasteiger partial charge is 0.385 e. The highest BCUT2D eigenvalue weighted by atomic mass is 16.5. The molecule has 1 aromatic heterocycles. The van der Waals surface area contributed by atoms with Gasteiger partial charge >= 0.3 is 0 Å². The molecular weight excluding hydrogens is 270 g/mol. The molecule has 0 atom stereocenters. The van der Waals surface area contributed by atoms with Crippen LogP contribution in [0.1, 0.15) is 16.9 Å². The molecule has 110 valence electrons. The molecule has 1 N–H and O–H groups in total. The number of carbonyl (C=O) groups is 1. The molecule has 1 aromatic carbocycles. The Morgan fingerprint density at radius 1 is 1.24 bits per heavy atom. The fourth-order valence-corrected chi connectivity index (χ4v) is 1.80. The van der Waals surface area contributed by atoms with Gasteiger partial charge in [0.05, 0.1) is 5.69 Å². The molecule has 1 amide bonds. The smallest absolute Gasteiger partial charge is 0.271 e. The van der Waals surface area contributed by atoms with E-state index in [1.807, 2.05) is 6.07 Å². The molecule has 0 radical (unpaired) electrons. The molecule has 0 bridgehead atoms. The van der Waals surface area contributed by atoms with Gasteiger partial charge in [0.25, 0.3) is 11.5 Å². The van der Waals surface area contributed by atoms with E-state index >= 15 is 0 Å². The highest BCUT2D eigenvalue weighted by molar-refractivity contribution is 5.92. The number of ether oxygens (including phenoxy) is 1. The lowest BCUT2D eigenvalue weighted by Gasteiger charge is -2.07. The minimum atomic E-state index is -0.309. The summed E-state index contributed by atoms with van der Waals surface area (Å²) in [6.45, 7) is 1.08. The third kappa shape index (κ3) is 4.00. The van der Waals surface area contributed by atoms with Crippen molar-refractivity contribution in [1.29, 1.82) is 0 Å². The molecule has 0 aliphatic carbocycles. The summed E-state index contributed by atoms with van der Waals surface area (Å²) in [5, 5.41) is 6.84. The zero-order chi connectivity index (χ0) is 15.1. The summed E-state index contributed by atoms with van der Waals surface area (Å²) in [6.07, 6.45) is 0.723. The van der Waals surface area contributed by atoms with Crippen molar-refractivity contribution in [3.8, 4) is 5.69 Å². The topological polar surface area (TPSA) is 73.2 Å². The molecule has 6 heteroatoms. The highest BCUT2D eigenvalue weighted by Gasteiger charge is 2.09. The van der Waals surface area contributed by atoms with Gasteiger partial charge in [-0.3, -0.25) is 9.59 Å². The van der Waals surface area contributed by atoms with Crippen LogP contribution in [0.2, 0.25) is 0 Å². The van der Waals surface area contributed by atoms with E-state index in [0.29, 0.717) is 18.8 Å². The van der Waals surface area contributed by atoms with Crippen LogP contribution in [-0.4, -0.2) is 35.9 Å². The molecule has 0 fully saturated rings. The van der Waals surface area contributed by atoms with Crippen molar-refractivity contribution in [2.75, 3.05) is 20.3 Å². The monoisotopic (exact) mass is 287 g/mol. The number of rotatable bonds is 6. The van der Waals surface area contributed by atoms with Crippen molar-refractivity contribution < 1.29 is 9.53 Å². The third-order valence-corrected chi connectivity index (χ3v) is 2.84. The van der Waals surface area contributed by atoms with Gasteiger partial charge in [0.2, 0.25) is 0 Å². The Hall–Kier alpha value is -2.47. The maximum atomic E-state index is 12.0. The van der Waals surface area contributed by atoms with Crippen LogP contribution in [0, 0.1) is 0 Å². The van der Waals surface area contributed by atoms with Crippen molar-refractivity contribution in [3.05, 3.63) is 58.5 Å². The summed E-state index contributed by atoms with van der Waals surface area (Å²) >= 11 is 0. The van der Waals surface area contributed by atoms with Gasteiger partial charge in [0, 0.05) is 26.3 Å². The first-order valence-electron chi connectivity index (χ1n) is 6.65. The van der Waals surface area contributed by atoms with Gasteiger partial charge in [-0.2, -0.15) is 9.78 Å². The minimum absolute atomic E-state index is 0.205. The molecule has 0 aliphatic rings. The summed E-state index contributed by atoms with van der Waals surface area (Å²) in [5.74, 6) is -0.309. The maximum Gasteiger partial charge on any atom is 0.271 e. The first kappa shape index (κ1) is 14.9. The Kier molecular flexibility index (Phi) is 5.22. The van der Waals surface area contributed by atoms with Crippen LogP contribution in [0.25, 0.3) is 5.69 Å². The van der Waals surface area contributed by atoms with E-state index in [-0.39, 0.29) is 17.2 Å². The molecule has 2 aromatic rings. The van der Waals surface area contributed by atoms with Crippen molar-refractivity contribution in [3.63, 3.8) is 0 Å². The quantitative estimate of drug-likeness (QED) is 0.804. The molecule has 0 unspecified atom stereocenters. The van der Waals surface area contributed by atoms with Gasteiger partial charge in [-0.1, -0.05) is 18.2 Å². The summed E-state index contributed by atoms with van der Waals surface area (Å²) in [7, 11) is 1.61. The summed E-state index contributed by atoms with van der Waals surface area (Å²) in [6, 6.07) is 11.7. The Bertz CT molecular complexity index is 653. The van der Waals surface area contributed by atoms with Crippen molar-refractivity contribution in [1.82, 2.24) is 15.1 Å². The van der Waals surface area contributed by atoms with E-state index in [1.54, 1.807) is 31.4 Å². The van der Waals surface area contributed by atoms with Gasteiger partial charge in [-0.15, -0.1) is 0 Å². The fourth-order valence-electron chi connectivity index (χ4n) is 1.80. The van der Waals surface area contributed by atoms with Gasteiger partial charge in [0.15, 0.2) is 0 Å². The molecule has 0 spiro atoms. The molecule has 0 saturated carbocycles. The standard InChI is InChI=1S/C15H17N3O3/c1-21-11-5-10-16-15(20)13-8-9-14(19)18(17-13)12-6-3-2-4-7-12/h2-4,6-9H,5,10-11H2,1H3,(H,16,20). The summed E-state index contributed by atoms with van der Waals surface area (Å²) < 4.78 is 6.12. The minimum Gasteiger partial charge on any atom is -0.385 e. The summed E-state index contributed by atoms with van der Waals surface area (Å²) in [4.78, 5) is 23.8. The highest BCUT2D eigenvalue weighted by Crippen LogP contribution is 2.02. The van der Waals surface area contributed by atoms with E-state index in [1.165, 1.54) is 16.8 Å². The fraction of sp³-hybridized carbons (Fsp3) is 0.267. The summed E-state index contributed by atoms with van der Waals surface area (Å²) in [5.41, 5.74) is 0.546. The predicted octanol–water partition coefficient (Wildman–Crippen LogP) is 0.999. The lowest BCUT2D eigenvalue weighted by atomic mass is 10.3. The average Bonchev–Trinajstić information content (AvgIpc) is 2.52. The van der Waals surface area contributed by atoms with Crippen molar-refractivity contribution in [2.45, 2.75) is 6.42 Å². The van der Waals surface area contributed by atoms with Crippen molar-refractivity contribution in [2.24, 2.45) is 0 Å². The van der Waals surface area contributed by atoms with Crippen LogP contribution in [0.15, 0.2) is 47.3 Å². The normalized spacial score (nSPS) is 10.3. The van der Waals surface area contributed by atoms with Crippen molar-refractivity contribution >= 4 is 5.91 Å². The Morgan fingerprint density at radius 3 is 2.71 bits per heavy atom. The zero-order valence-electron chi connectivity index (χ0n) is 11.8. The van der Waals surface area contributed by atoms with Crippen LogP contribution in [0.5, 0.6) is 0 Å². The second kappa shape index (κ2) is 7.35. The predicted molar refractivity (Wildman–Crippen MR) is 78.7 cm³/mol. The van der Waals surface area contributed by atoms with E-state index in [9.17, 15) is 9.59 Å². The molecule has 21 heavy (non-hydrogen) atoms. The number of benzene rings is 1. The molecule has 0 saturated heterocycles. The lowest BCUT2D eigenvalue weighted by Crippen LogP contribution is -2.29. The number of nitrogens with zero attached hydrogens (tertiary/aromatic N) is 2. The Balaban J connectivity index is 2.15. The number of aromatic nitrogens is 2. The number of hydrogen-bond donors (Lipinski definition) is 1. The Labute approximate surface area is 122 Å². The van der Waals surface area contributed by atoms with Gasteiger partial charge in [-0.05, 0) is 24.6 Å². The number of para-hydroxylation sites is 1. The molecular formula is C15H17N3O3. The van der Waals surface area contributed by atoms with Gasteiger partial charge in [0.1, 0.15) is 5.69 Å². The van der Waals surface area contributed by atoms with Gasteiger partial charge in [-0.25, -0.2) is 0 Å². The molecule has 6 nitrogen and oxygen atoms in total. The first-order valence-corrected chi connectivity index (χ1v) is 6.65. The van der Waals surface area contributed by atoms with Crippen LogP contribution in [-0.2, 0) is 4.74 Å². The second-order valence-corrected chi connectivity index (χ2v) is 4.41. The van der Waals surface area contributed by atoms with Crippen LogP contribution in [0.3, 0.4) is 0 Å². The number of amides is 1. The molecule has 2 rings (SSSR count). The zero-order valence-corrected chi connectivity index (χ0v) is 11.8. The van der Waals surface area contributed by atoms with Crippen LogP contribution < -0.4 is 10.9 Å². The third-order valence-electron chi connectivity index (χ3n) is 2.84. The van der Waals surface area contributed by atoms with E-state index < -0.39 is 0 Å². The first-order chi connectivity index (χ1) is 10.2. The SMILES string of the molecule is COCCCNC(=O)c1ccc(=O)n(-c2ccccc2)n1. The Morgan fingerprint density at radius 2 is 2.00 bits per heavy atom. The number of nitrogens with one attached hydrogen (secondary N) is 1. The maximum absolute atomic E-state index is 12.0. The van der Waals surface area contributed by atoms with E-state index in [4.69, 9.17) is 4.74 Å². The molecule has 1 heterocycles. The lowest BCUT2D eigenvalue weighted by molar-refractivity contribution is 0.0942. The number of hydrogen-bond acceptors (Lipinski definition) is 4.